The minimum atomic E-state index is 0.905. The van der Waals surface area contributed by atoms with Crippen molar-refractivity contribution < 1.29 is 0 Å². The summed E-state index contributed by atoms with van der Waals surface area (Å²) in [6.07, 6.45) is 5.28. The first kappa shape index (κ1) is 14.1. The standard InChI is InChI=1S/C16H23N5/c1-20-13-18-19-16(20)8-9-17-12-14-6-2-3-7-15(14)21-10-4-5-11-21/h2-3,6-7,13,17H,4-5,8-12H2,1H3. The van der Waals surface area contributed by atoms with Gasteiger partial charge < -0.3 is 14.8 Å². The van der Waals surface area contributed by atoms with E-state index in [0.29, 0.717) is 0 Å². The van der Waals surface area contributed by atoms with Crippen molar-refractivity contribution in [3.05, 3.63) is 42.0 Å². The Morgan fingerprint density at radius 2 is 2.00 bits per heavy atom. The molecule has 1 aromatic carbocycles. The SMILES string of the molecule is Cn1cnnc1CCNCc1ccccc1N1CCCC1. The number of aryl methyl sites for hydroxylation is 1. The molecule has 0 spiro atoms. The second kappa shape index (κ2) is 6.72. The van der Waals surface area contributed by atoms with Crippen LogP contribution in [0.15, 0.2) is 30.6 Å². The van der Waals surface area contributed by atoms with E-state index in [2.05, 4.69) is 44.7 Å². The second-order valence-electron chi connectivity index (χ2n) is 5.61. The number of hydrogen-bond acceptors (Lipinski definition) is 4. The quantitative estimate of drug-likeness (QED) is 0.821. The summed E-state index contributed by atoms with van der Waals surface area (Å²) in [5.41, 5.74) is 2.78. The molecule has 0 unspecified atom stereocenters. The van der Waals surface area contributed by atoms with Crippen LogP contribution in [0, 0.1) is 0 Å². The molecule has 5 nitrogen and oxygen atoms in total. The molecular weight excluding hydrogens is 262 g/mol. The van der Waals surface area contributed by atoms with Gasteiger partial charge in [0, 0.05) is 45.3 Å². The first-order valence-corrected chi connectivity index (χ1v) is 7.71. The summed E-state index contributed by atoms with van der Waals surface area (Å²) in [4.78, 5) is 2.50. The first-order chi connectivity index (χ1) is 10.3. The maximum atomic E-state index is 4.11. The van der Waals surface area contributed by atoms with Crippen LogP contribution in [0.4, 0.5) is 5.69 Å². The van der Waals surface area contributed by atoms with Crippen LogP contribution >= 0.6 is 0 Å². The Morgan fingerprint density at radius 1 is 1.19 bits per heavy atom. The fourth-order valence-corrected chi connectivity index (χ4v) is 2.88. The molecule has 5 heteroatoms. The van der Waals surface area contributed by atoms with Crippen LogP contribution in [0.25, 0.3) is 0 Å². The third kappa shape index (κ3) is 3.42. The molecule has 2 aromatic rings. The highest BCUT2D eigenvalue weighted by Gasteiger charge is 2.14. The Morgan fingerprint density at radius 3 is 2.76 bits per heavy atom. The van der Waals surface area contributed by atoms with E-state index in [-0.39, 0.29) is 0 Å². The fourth-order valence-electron chi connectivity index (χ4n) is 2.88. The average Bonchev–Trinajstić information content (AvgIpc) is 3.16. The molecule has 21 heavy (non-hydrogen) atoms. The Balaban J connectivity index is 1.54. The number of hydrogen-bond donors (Lipinski definition) is 1. The third-order valence-electron chi connectivity index (χ3n) is 4.08. The van der Waals surface area contributed by atoms with Gasteiger partial charge in [0.1, 0.15) is 12.2 Å². The normalized spacial score (nSPS) is 14.8. The number of rotatable bonds is 6. The van der Waals surface area contributed by atoms with Crippen LogP contribution in [0.2, 0.25) is 0 Å². The van der Waals surface area contributed by atoms with Crippen molar-refractivity contribution in [2.24, 2.45) is 7.05 Å². The fraction of sp³-hybridized carbons (Fsp3) is 0.500. The molecule has 2 heterocycles. The van der Waals surface area contributed by atoms with Crippen molar-refractivity contribution in [1.82, 2.24) is 20.1 Å². The summed E-state index contributed by atoms with van der Waals surface area (Å²) < 4.78 is 1.97. The topological polar surface area (TPSA) is 46.0 Å². The molecule has 1 fully saturated rings. The lowest BCUT2D eigenvalue weighted by molar-refractivity contribution is 0.653. The van der Waals surface area contributed by atoms with Gasteiger partial charge in [0.25, 0.3) is 0 Å². The average molecular weight is 285 g/mol. The molecule has 0 radical (unpaired) electrons. The summed E-state index contributed by atoms with van der Waals surface area (Å²) in [5, 5.41) is 11.5. The van der Waals surface area contributed by atoms with Crippen LogP contribution in [-0.2, 0) is 20.0 Å². The van der Waals surface area contributed by atoms with Crippen molar-refractivity contribution in [1.29, 1.82) is 0 Å². The van der Waals surface area contributed by atoms with Crippen molar-refractivity contribution in [2.45, 2.75) is 25.8 Å². The zero-order valence-electron chi connectivity index (χ0n) is 12.6. The van der Waals surface area contributed by atoms with Gasteiger partial charge >= 0.3 is 0 Å². The predicted molar refractivity (Wildman–Crippen MR) is 84.3 cm³/mol. The van der Waals surface area contributed by atoms with Gasteiger partial charge in [-0.2, -0.15) is 0 Å². The van der Waals surface area contributed by atoms with E-state index >= 15 is 0 Å². The summed E-state index contributed by atoms with van der Waals surface area (Å²) >= 11 is 0. The molecule has 0 aliphatic carbocycles. The molecule has 1 aromatic heterocycles. The smallest absolute Gasteiger partial charge is 0.133 e. The lowest BCUT2D eigenvalue weighted by Crippen LogP contribution is -2.23. The molecular formula is C16H23N5. The highest BCUT2D eigenvalue weighted by molar-refractivity contribution is 5.54. The number of anilines is 1. The van der Waals surface area contributed by atoms with Gasteiger partial charge in [-0.3, -0.25) is 0 Å². The molecule has 0 bridgehead atoms. The van der Waals surface area contributed by atoms with Crippen LogP contribution in [-0.4, -0.2) is 34.4 Å². The highest BCUT2D eigenvalue weighted by atomic mass is 15.2. The van der Waals surface area contributed by atoms with Gasteiger partial charge in [0.2, 0.25) is 0 Å². The Bertz CT molecular complexity index is 572. The minimum absolute atomic E-state index is 0.905. The highest BCUT2D eigenvalue weighted by Crippen LogP contribution is 2.24. The van der Waals surface area contributed by atoms with Gasteiger partial charge in [-0.1, -0.05) is 18.2 Å². The van der Waals surface area contributed by atoms with Crippen molar-refractivity contribution in [3.63, 3.8) is 0 Å². The minimum Gasteiger partial charge on any atom is -0.371 e. The Hall–Kier alpha value is -1.88. The van der Waals surface area contributed by atoms with E-state index < -0.39 is 0 Å². The molecule has 0 atom stereocenters. The summed E-state index contributed by atoms with van der Waals surface area (Å²) in [6, 6.07) is 8.73. The largest absolute Gasteiger partial charge is 0.371 e. The zero-order valence-corrected chi connectivity index (χ0v) is 12.6. The summed E-state index contributed by atoms with van der Waals surface area (Å²) in [7, 11) is 1.98. The number of aromatic nitrogens is 3. The van der Waals surface area contributed by atoms with Crippen LogP contribution < -0.4 is 10.2 Å². The first-order valence-electron chi connectivity index (χ1n) is 7.71. The van der Waals surface area contributed by atoms with E-state index in [1.54, 1.807) is 6.33 Å². The van der Waals surface area contributed by atoms with Crippen LogP contribution in [0.5, 0.6) is 0 Å². The predicted octanol–water partition coefficient (Wildman–Crippen LogP) is 1.75. The van der Waals surface area contributed by atoms with E-state index in [1.165, 1.54) is 37.2 Å². The molecule has 112 valence electrons. The molecule has 1 aliphatic rings. The molecule has 0 amide bonds. The number of para-hydroxylation sites is 1. The third-order valence-corrected chi connectivity index (χ3v) is 4.08. The zero-order chi connectivity index (χ0) is 14.5. The van der Waals surface area contributed by atoms with E-state index in [0.717, 1.165) is 25.3 Å². The summed E-state index contributed by atoms with van der Waals surface area (Å²) in [6.45, 7) is 4.21. The molecule has 3 rings (SSSR count). The maximum absolute atomic E-state index is 4.11. The van der Waals surface area contributed by atoms with E-state index in [4.69, 9.17) is 0 Å². The van der Waals surface area contributed by atoms with Gasteiger partial charge in [0.05, 0.1) is 0 Å². The van der Waals surface area contributed by atoms with Crippen molar-refractivity contribution >= 4 is 5.69 Å². The Kier molecular flexibility index (Phi) is 4.50. The van der Waals surface area contributed by atoms with E-state index in [9.17, 15) is 0 Å². The lowest BCUT2D eigenvalue weighted by atomic mass is 10.1. The maximum Gasteiger partial charge on any atom is 0.133 e. The Labute approximate surface area is 126 Å². The number of nitrogens with zero attached hydrogens (tertiary/aromatic N) is 4. The molecule has 1 N–H and O–H groups in total. The number of benzene rings is 1. The van der Waals surface area contributed by atoms with E-state index in [1.807, 2.05) is 11.6 Å². The van der Waals surface area contributed by atoms with Gasteiger partial charge in [-0.05, 0) is 24.5 Å². The van der Waals surface area contributed by atoms with Crippen LogP contribution in [0.3, 0.4) is 0 Å². The summed E-state index contributed by atoms with van der Waals surface area (Å²) in [5.74, 6) is 1.02. The van der Waals surface area contributed by atoms with Gasteiger partial charge in [-0.25, -0.2) is 0 Å². The molecule has 0 saturated carbocycles. The molecule has 1 saturated heterocycles. The van der Waals surface area contributed by atoms with Crippen molar-refractivity contribution in [3.8, 4) is 0 Å². The molecule has 1 aliphatic heterocycles. The van der Waals surface area contributed by atoms with Gasteiger partial charge in [-0.15, -0.1) is 10.2 Å². The monoisotopic (exact) mass is 285 g/mol. The van der Waals surface area contributed by atoms with Crippen molar-refractivity contribution in [2.75, 3.05) is 24.5 Å². The lowest BCUT2D eigenvalue weighted by Gasteiger charge is -2.21. The van der Waals surface area contributed by atoms with Crippen LogP contribution in [0.1, 0.15) is 24.2 Å². The van der Waals surface area contributed by atoms with Gasteiger partial charge in [0.15, 0.2) is 0 Å². The number of nitrogens with one attached hydrogen (secondary N) is 1. The second-order valence-corrected chi connectivity index (χ2v) is 5.61.